The Morgan fingerprint density at radius 3 is 1.74 bits per heavy atom. The van der Waals surface area contributed by atoms with E-state index in [1.807, 2.05) is 6.07 Å². The standard InChI is InChI=1S/C63H37N5O/c1-2-21-42(22-3-1)67-52-30-12-10-25-45(52)46-27-15-29-50(59(46)67)63-65-61(47-28-14-20-38-16-6-8-23-43(38)47)64-62(66-63)49-33-35-54(60-58(49)48-26-11-13-31-56(48)69-60)68-53-34-32-39-17-7-9-24-44(39)57(53)51-36-40-18-4-5-19-41(40)37-55(51)68/h1-37H. The Balaban J connectivity index is 1.05. The number of furan rings is 1. The van der Waals surface area contributed by atoms with Crippen LogP contribution in [0.15, 0.2) is 229 Å². The number of aromatic nitrogens is 5. The molecular formula is C63H37N5O. The first kappa shape index (κ1) is 37.8. The zero-order chi connectivity index (χ0) is 45.2. The van der Waals surface area contributed by atoms with Gasteiger partial charge in [-0.25, -0.2) is 15.0 Å². The van der Waals surface area contributed by atoms with Crippen LogP contribution in [-0.2, 0) is 0 Å². The molecule has 0 amide bonds. The molecule has 69 heavy (non-hydrogen) atoms. The molecule has 6 nitrogen and oxygen atoms in total. The maximum Gasteiger partial charge on any atom is 0.166 e. The minimum absolute atomic E-state index is 0.560. The van der Waals surface area contributed by atoms with Crippen LogP contribution >= 0.6 is 0 Å². The summed E-state index contributed by atoms with van der Waals surface area (Å²) in [4.78, 5) is 16.5. The van der Waals surface area contributed by atoms with Crippen molar-refractivity contribution in [1.82, 2.24) is 24.1 Å². The SMILES string of the molecule is c1ccc(-n2c3ccccc3c3cccc(-c4nc(-c5cccc6ccccc56)nc(-c5ccc(-n6c7cc8ccccc8cc7c7c8ccccc8ccc76)c6oc7ccccc7c56)n4)c32)cc1. The minimum atomic E-state index is 0.560. The van der Waals surface area contributed by atoms with Crippen molar-refractivity contribution in [2.45, 2.75) is 0 Å². The number of hydrogen-bond donors (Lipinski definition) is 0. The van der Waals surface area contributed by atoms with Crippen LogP contribution in [0.2, 0.25) is 0 Å². The van der Waals surface area contributed by atoms with Crippen LogP contribution in [0.4, 0.5) is 0 Å². The summed E-state index contributed by atoms with van der Waals surface area (Å²) in [5, 5.41) is 13.6. The summed E-state index contributed by atoms with van der Waals surface area (Å²) in [7, 11) is 0. The summed E-state index contributed by atoms with van der Waals surface area (Å²) in [5.41, 5.74) is 10.6. The van der Waals surface area contributed by atoms with Crippen molar-refractivity contribution in [2.75, 3.05) is 0 Å². The van der Waals surface area contributed by atoms with Crippen molar-refractivity contribution in [3.05, 3.63) is 224 Å². The lowest BCUT2D eigenvalue weighted by molar-refractivity contribution is 0.666. The van der Waals surface area contributed by atoms with Gasteiger partial charge in [0.1, 0.15) is 5.58 Å². The van der Waals surface area contributed by atoms with Crippen molar-refractivity contribution >= 4 is 97.9 Å². The largest absolute Gasteiger partial charge is 0.454 e. The molecule has 0 aliphatic carbocycles. The van der Waals surface area contributed by atoms with Crippen molar-refractivity contribution in [2.24, 2.45) is 0 Å². The Labute approximate surface area is 394 Å². The van der Waals surface area contributed by atoms with Gasteiger partial charge in [0.05, 0.1) is 27.8 Å². The van der Waals surface area contributed by atoms with Gasteiger partial charge >= 0.3 is 0 Å². The number of para-hydroxylation sites is 4. The first-order valence-electron chi connectivity index (χ1n) is 23.4. The minimum Gasteiger partial charge on any atom is -0.454 e. The van der Waals surface area contributed by atoms with Crippen LogP contribution in [0.1, 0.15) is 0 Å². The molecule has 4 aromatic heterocycles. The highest BCUT2D eigenvalue weighted by atomic mass is 16.3. The highest BCUT2D eigenvalue weighted by Gasteiger charge is 2.25. The van der Waals surface area contributed by atoms with E-state index >= 15 is 0 Å². The topological polar surface area (TPSA) is 61.7 Å². The van der Waals surface area contributed by atoms with E-state index in [0.717, 1.165) is 93.6 Å². The molecule has 0 radical (unpaired) electrons. The number of rotatable bonds is 5. The third kappa shape index (κ3) is 5.57. The smallest absolute Gasteiger partial charge is 0.166 e. The molecule has 4 heterocycles. The van der Waals surface area contributed by atoms with E-state index in [1.165, 1.54) is 32.3 Å². The highest BCUT2D eigenvalue weighted by molar-refractivity contribution is 6.24. The molecule has 320 valence electrons. The average Bonchev–Trinajstić information content (AvgIpc) is 4.08. The predicted octanol–water partition coefficient (Wildman–Crippen LogP) is 16.4. The van der Waals surface area contributed by atoms with Gasteiger partial charge < -0.3 is 13.6 Å². The molecule has 15 rings (SSSR count). The van der Waals surface area contributed by atoms with Gasteiger partial charge in [-0.2, -0.15) is 0 Å². The zero-order valence-electron chi connectivity index (χ0n) is 37.0. The van der Waals surface area contributed by atoms with E-state index in [0.29, 0.717) is 17.5 Å². The number of fused-ring (bicyclic) bond motifs is 13. The number of nitrogens with zero attached hydrogens (tertiary/aromatic N) is 5. The molecule has 0 atom stereocenters. The summed E-state index contributed by atoms with van der Waals surface area (Å²) in [5.74, 6) is 1.74. The molecule has 0 spiro atoms. The van der Waals surface area contributed by atoms with Crippen LogP contribution in [0.5, 0.6) is 0 Å². The van der Waals surface area contributed by atoms with Crippen molar-refractivity contribution in [3.8, 4) is 45.5 Å². The van der Waals surface area contributed by atoms with E-state index < -0.39 is 0 Å². The van der Waals surface area contributed by atoms with E-state index in [2.05, 4.69) is 228 Å². The van der Waals surface area contributed by atoms with Gasteiger partial charge in [0.2, 0.25) is 0 Å². The summed E-state index contributed by atoms with van der Waals surface area (Å²) in [6.45, 7) is 0. The Morgan fingerprint density at radius 2 is 0.913 bits per heavy atom. The maximum absolute atomic E-state index is 7.09. The van der Waals surface area contributed by atoms with Crippen molar-refractivity contribution in [3.63, 3.8) is 0 Å². The molecule has 0 saturated heterocycles. The lowest BCUT2D eigenvalue weighted by Crippen LogP contribution is -2.03. The fraction of sp³-hybridized carbons (Fsp3) is 0. The normalized spacial score (nSPS) is 12.1. The van der Waals surface area contributed by atoms with Gasteiger partial charge in [-0.15, -0.1) is 0 Å². The van der Waals surface area contributed by atoms with E-state index in [4.69, 9.17) is 19.4 Å². The second-order valence-corrected chi connectivity index (χ2v) is 17.9. The molecule has 0 aliphatic rings. The summed E-state index contributed by atoms with van der Waals surface area (Å²) < 4.78 is 11.8. The molecular weight excluding hydrogens is 843 g/mol. The van der Waals surface area contributed by atoms with Gasteiger partial charge in [-0.1, -0.05) is 164 Å². The Morgan fingerprint density at radius 1 is 0.319 bits per heavy atom. The van der Waals surface area contributed by atoms with E-state index in [9.17, 15) is 0 Å². The molecule has 6 heteroatoms. The zero-order valence-corrected chi connectivity index (χ0v) is 37.0. The van der Waals surface area contributed by atoms with Crippen LogP contribution in [-0.4, -0.2) is 24.1 Å². The fourth-order valence-electron chi connectivity index (χ4n) is 11.1. The molecule has 0 aliphatic heterocycles. The molecule has 0 N–H and O–H groups in total. The quantitative estimate of drug-likeness (QED) is 0.173. The highest BCUT2D eigenvalue weighted by Crippen LogP contribution is 2.45. The van der Waals surface area contributed by atoms with Crippen LogP contribution in [0.3, 0.4) is 0 Å². The Bertz CT molecular complexity index is 4610. The number of benzene rings is 11. The van der Waals surface area contributed by atoms with Gasteiger partial charge in [-0.05, 0) is 93.0 Å². The van der Waals surface area contributed by atoms with E-state index in [-0.39, 0.29) is 0 Å². The van der Waals surface area contributed by atoms with Crippen LogP contribution in [0.25, 0.3) is 143 Å². The Hall–Kier alpha value is -9.39. The molecule has 11 aromatic carbocycles. The van der Waals surface area contributed by atoms with Gasteiger partial charge in [0.15, 0.2) is 23.1 Å². The third-order valence-electron chi connectivity index (χ3n) is 14.1. The predicted molar refractivity (Wildman–Crippen MR) is 285 cm³/mol. The summed E-state index contributed by atoms with van der Waals surface area (Å²) >= 11 is 0. The first-order chi connectivity index (χ1) is 34.2. The fourth-order valence-corrected chi connectivity index (χ4v) is 11.1. The van der Waals surface area contributed by atoms with Gasteiger partial charge in [-0.3, -0.25) is 0 Å². The molecule has 0 unspecified atom stereocenters. The van der Waals surface area contributed by atoms with Gasteiger partial charge in [0.25, 0.3) is 0 Å². The lowest BCUT2D eigenvalue weighted by Gasteiger charge is -2.14. The lowest BCUT2D eigenvalue weighted by atomic mass is 10.0. The Kier molecular flexibility index (Phi) is 7.97. The van der Waals surface area contributed by atoms with Crippen LogP contribution in [0, 0.1) is 0 Å². The van der Waals surface area contributed by atoms with Crippen molar-refractivity contribution < 1.29 is 4.42 Å². The molecule has 15 aromatic rings. The maximum atomic E-state index is 7.09. The monoisotopic (exact) mass is 879 g/mol. The number of hydrogen-bond acceptors (Lipinski definition) is 4. The second-order valence-electron chi connectivity index (χ2n) is 17.9. The van der Waals surface area contributed by atoms with Gasteiger partial charge in [0, 0.05) is 54.7 Å². The first-order valence-corrected chi connectivity index (χ1v) is 23.4. The molecule has 0 saturated carbocycles. The second kappa shape index (κ2) is 14.6. The van der Waals surface area contributed by atoms with Crippen LogP contribution < -0.4 is 0 Å². The molecule has 0 bridgehead atoms. The van der Waals surface area contributed by atoms with Crippen molar-refractivity contribution in [1.29, 1.82) is 0 Å². The molecule has 0 fully saturated rings. The summed E-state index contributed by atoms with van der Waals surface area (Å²) in [6.07, 6.45) is 0. The average molecular weight is 880 g/mol. The third-order valence-corrected chi connectivity index (χ3v) is 14.1. The van der Waals surface area contributed by atoms with E-state index in [1.54, 1.807) is 0 Å². The summed E-state index contributed by atoms with van der Waals surface area (Å²) in [6, 6.07) is 79.6.